The first-order chi connectivity index (χ1) is 7.24. The van der Waals surface area contributed by atoms with Gasteiger partial charge in [0.2, 0.25) is 0 Å². The average molecular weight is 243 g/mol. The molecule has 0 aliphatic carbocycles. The van der Waals surface area contributed by atoms with Crippen LogP contribution in [0.3, 0.4) is 0 Å². The summed E-state index contributed by atoms with van der Waals surface area (Å²) in [5, 5.41) is 0.728. The molecule has 3 heteroatoms. The fraction of sp³-hybridized carbons (Fsp3) is 0.417. The minimum atomic E-state index is 0.307. The zero-order valence-electron chi connectivity index (χ0n) is 8.83. The molecule has 1 rings (SSSR count). The SMILES string of the molecule is CCCCC(=O)CSc1ccccc1Cl. The molecule has 0 aliphatic rings. The summed E-state index contributed by atoms with van der Waals surface area (Å²) in [4.78, 5) is 12.4. The lowest BCUT2D eigenvalue weighted by Crippen LogP contribution is -2.00. The second kappa shape index (κ2) is 6.91. The number of thioether (sulfide) groups is 1. The Bertz CT molecular complexity index is 325. The summed E-state index contributed by atoms with van der Waals surface area (Å²) >= 11 is 7.50. The predicted molar refractivity (Wildman–Crippen MR) is 66.7 cm³/mol. The van der Waals surface area contributed by atoms with Gasteiger partial charge in [0, 0.05) is 11.3 Å². The standard InChI is InChI=1S/C12H15ClOS/c1-2-3-6-10(14)9-15-12-8-5-4-7-11(12)13/h4-5,7-8H,2-3,6,9H2,1H3. The van der Waals surface area contributed by atoms with Gasteiger partial charge in [-0.2, -0.15) is 0 Å². The van der Waals surface area contributed by atoms with Crippen LogP contribution in [0.1, 0.15) is 26.2 Å². The average Bonchev–Trinajstić information content (AvgIpc) is 2.25. The second-order valence-electron chi connectivity index (χ2n) is 3.36. The molecule has 1 aromatic carbocycles. The number of ketones is 1. The minimum absolute atomic E-state index is 0.307. The van der Waals surface area contributed by atoms with Crippen molar-refractivity contribution < 1.29 is 4.79 Å². The summed E-state index contributed by atoms with van der Waals surface area (Å²) < 4.78 is 0. The first-order valence-corrected chi connectivity index (χ1v) is 6.49. The zero-order chi connectivity index (χ0) is 11.1. The van der Waals surface area contributed by atoms with Crippen LogP contribution < -0.4 is 0 Å². The molecular weight excluding hydrogens is 228 g/mol. The van der Waals surface area contributed by atoms with E-state index in [0.717, 1.165) is 22.8 Å². The van der Waals surface area contributed by atoms with E-state index in [1.807, 2.05) is 24.3 Å². The quantitative estimate of drug-likeness (QED) is 0.696. The molecule has 0 N–H and O–H groups in total. The number of hydrogen-bond donors (Lipinski definition) is 0. The van der Waals surface area contributed by atoms with Crippen molar-refractivity contribution >= 4 is 29.1 Å². The third-order valence-electron chi connectivity index (χ3n) is 2.03. The van der Waals surface area contributed by atoms with E-state index in [1.54, 1.807) is 0 Å². The van der Waals surface area contributed by atoms with Gasteiger partial charge in [-0.05, 0) is 18.6 Å². The van der Waals surface area contributed by atoms with Crippen LogP contribution in [0.25, 0.3) is 0 Å². The second-order valence-corrected chi connectivity index (χ2v) is 4.79. The number of benzene rings is 1. The van der Waals surface area contributed by atoms with Gasteiger partial charge in [-0.1, -0.05) is 37.1 Å². The van der Waals surface area contributed by atoms with E-state index < -0.39 is 0 Å². The van der Waals surface area contributed by atoms with Crippen molar-refractivity contribution in [2.24, 2.45) is 0 Å². The number of carbonyl (C=O) groups excluding carboxylic acids is 1. The highest BCUT2D eigenvalue weighted by Gasteiger charge is 2.04. The largest absolute Gasteiger partial charge is 0.299 e. The lowest BCUT2D eigenvalue weighted by atomic mass is 10.2. The van der Waals surface area contributed by atoms with E-state index in [4.69, 9.17) is 11.6 Å². The molecule has 0 bridgehead atoms. The summed E-state index contributed by atoms with van der Waals surface area (Å²) in [6.07, 6.45) is 2.75. The summed E-state index contributed by atoms with van der Waals surface area (Å²) in [5.41, 5.74) is 0. The number of unbranched alkanes of at least 4 members (excludes halogenated alkanes) is 1. The van der Waals surface area contributed by atoms with Crippen LogP contribution in [0.2, 0.25) is 5.02 Å². The fourth-order valence-corrected chi connectivity index (χ4v) is 2.31. The van der Waals surface area contributed by atoms with Crippen molar-refractivity contribution in [3.8, 4) is 0 Å². The summed E-state index contributed by atoms with van der Waals surface area (Å²) in [7, 11) is 0. The Morgan fingerprint density at radius 1 is 1.40 bits per heavy atom. The van der Waals surface area contributed by atoms with E-state index in [-0.39, 0.29) is 0 Å². The van der Waals surface area contributed by atoms with Crippen molar-refractivity contribution in [1.82, 2.24) is 0 Å². The number of hydrogen-bond acceptors (Lipinski definition) is 2. The first kappa shape index (κ1) is 12.6. The highest BCUT2D eigenvalue weighted by molar-refractivity contribution is 8.00. The van der Waals surface area contributed by atoms with Gasteiger partial charge in [-0.3, -0.25) is 4.79 Å². The lowest BCUT2D eigenvalue weighted by molar-refractivity contribution is -0.116. The molecular formula is C12H15ClOS. The Balaban J connectivity index is 2.37. The van der Waals surface area contributed by atoms with Gasteiger partial charge in [0.15, 0.2) is 0 Å². The lowest BCUT2D eigenvalue weighted by Gasteiger charge is -2.02. The molecule has 0 saturated heterocycles. The molecule has 0 radical (unpaired) electrons. The van der Waals surface area contributed by atoms with E-state index in [9.17, 15) is 4.79 Å². The van der Waals surface area contributed by atoms with Crippen LogP contribution in [0.5, 0.6) is 0 Å². The molecule has 0 heterocycles. The third kappa shape index (κ3) is 4.72. The van der Waals surface area contributed by atoms with Crippen molar-refractivity contribution in [2.75, 3.05) is 5.75 Å². The van der Waals surface area contributed by atoms with Crippen LogP contribution in [-0.2, 0) is 4.79 Å². The van der Waals surface area contributed by atoms with Crippen LogP contribution in [-0.4, -0.2) is 11.5 Å². The highest BCUT2D eigenvalue weighted by atomic mass is 35.5. The Morgan fingerprint density at radius 3 is 2.80 bits per heavy atom. The molecule has 0 spiro atoms. The highest BCUT2D eigenvalue weighted by Crippen LogP contribution is 2.26. The number of rotatable bonds is 6. The van der Waals surface area contributed by atoms with Gasteiger partial charge in [-0.15, -0.1) is 11.8 Å². The minimum Gasteiger partial charge on any atom is -0.299 e. The zero-order valence-corrected chi connectivity index (χ0v) is 10.4. The Labute approximate surface area is 100 Å². The molecule has 0 unspecified atom stereocenters. The van der Waals surface area contributed by atoms with Crippen LogP contribution in [0, 0.1) is 0 Å². The Kier molecular flexibility index (Phi) is 5.81. The van der Waals surface area contributed by atoms with Crippen LogP contribution in [0.4, 0.5) is 0 Å². The Hall–Kier alpha value is -0.470. The summed E-state index contributed by atoms with van der Waals surface area (Å²) in [5.74, 6) is 0.839. The van der Waals surface area contributed by atoms with Crippen molar-refractivity contribution in [3.05, 3.63) is 29.3 Å². The number of Topliss-reactive ketones (excluding diaryl/α,β-unsaturated/α-hetero) is 1. The predicted octanol–water partition coefficient (Wildman–Crippen LogP) is 4.19. The maximum atomic E-state index is 11.4. The van der Waals surface area contributed by atoms with Crippen LogP contribution in [0.15, 0.2) is 29.2 Å². The molecule has 0 aromatic heterocycles. The van der Waals surface area contributed by atoms with Gasteiger partial charge in [0.25, 0.3) is 0 Å². The maximum absolute atomic E-state index is 11.4. The molecule has 0 amide bonds. The normalized spacial score (nSPS) is 10.3. The topological polar surface area (TPSA) is 17.1 Å². The molecule has 0 aliphatic heterocycles. The molecule has 0 fully saturated rings. The van der Waals surface area contributed by atoms with Crippen LogP contribution >= 0.6 is 23.4 Å². The van der Waals surface area contributed by atoms with Gasteiger partial charge in [0.1, 0.15) is 5.78 Å². The van der Waals surface area contributed by atoms with Gasteiger partial charge < -0.3 is 0 Å². The van der Waals surface area contributed by atoms with E-state index in [2.05, 4.69) is 6.92 Å². The number of carbonyl (C=O) groups is 1. The monoisotopic (exact) mass is 242 g/mol. The Morgan fingerprint density at radius 2 is 2.13 bits per heavy atom. The summed E-state index contributed by atoms with van der Waals surface area (Å²) in [6, 6.07) is 7.62. The van der Waals surface area contributed by atoms with Gasteiger partial charge >= 0.3 is 0 Å². The van der Waals surface area contributed by atoms with Gasteiger partial charge in [0.05, 0.1) is 10.8 Å². The van der Waals surface area contributed by atoms with Crippen molar-refractivity contribution in [1.29, 1.82) is 0 Å². The van der Waals surface area contributed by atoms with Crippen molar-refractivity contribution in [3.63, 3.8) is 0 Å². The molecule has 1 nitrogen and oxygen atoms in total. The summed E-state index contributed by atoms with van der Waals surface area (Å²) in [6.45, 7) is 2.09. The smallest absolute Gasteiger partial charge is 0.143 e. The van der Waals surface area contributed by atoms with E-state index in [1.165, 1.54) is 11.8 Å². The fourth-order valence-electron chi connectivity index (χ4n) is 1.17. The van der Waals surface area contributed by atoms with E-state index >= 15 is 0 Å². The van der Waals surface area contributed by atoms with Gasteiger partial charge in [-0.25, -0.2) is 0 Å². The first-order valence-electron chi connectivity index (χ1n) is 5.13. The maximum Gasteiger partial charge on any atom is 0.143 e. The molecule has 82 valence electrons. The number of halogens is 1. The van der Waals surface area contributed by atoms with Crippen molar-refractivity contribution in [2.45, 2.75) is 31.1 Å². The molecule has 15 heavy (non-hydrogen) atoms. The molecule has 0 saturated carbocycles. The molecule has 1 aromatic rings. The van der Waals surface area contributed by atoms with E-state index in [0.29, 0.717) is 18.0 Å². The molecule has 0 atom stereocenters. The third-order valence-corrected chi connectivity index (χ3v) is 3.61.